The van der Waals surface area contributed by atoms with Gasteiger partial charge in [-0.3, -0.25) is 18.6 Å². The minimum absolute atomic E-state index is 0.0510. The third kappa shape index (κ3) is 18.1. The summed E-state index contributed by atoms with van der Waals surface area (Å²) in [6.45, 7) is 2.81. The molecule has 0 radical (unpaired) electrons. The molecule has 1 fully saturated rings. The molecule has 1 saturated carbocycles. The quantitative estimate of drug-likeness (QED) is 0.0440. The van der Waals surface area contributed by atoms with Gasteiger partial charge in [0.25, 0.3) is 0 Å². The number of hydrogen-bond donors (Lipinski definition) is 6. The molecule has 45 heavy (non-hydrogen) atoms. The molecule has 8 atom stereocenters. The minimum atomic E-state index is -5.07. The van der Waals surface area contributed by atoms with E-state index in [9.17, 15) is 44.6 Å². The topological polar surface area (TPSA) is 210 Å². The summed E-state index contributed by atoms with van der Waals surface area (Å²) in [5, 5.41) is 49.3. The van der Waals surface area contributed by atoms with Crippen LogP contribution >= 0.6 is 7.82 Å². The SMILES string of the molecule is CCCCCCCCCCCCCCCCCC(=O)OC[C@H](COP(=O)(O)OC1C(O)C(O)C(O)[C@@H](O)C1O)OC(=O)CCC. The molecular weight excluding hydrogens is 611 g/mol. The summed E-state index contributed by atoms with van der Waals surface area (Å²) in [4.78, 5) is 34.4. The van der Waals surface area contributed by atoms with Crippen molar-refractivity contribution in [2.45, 2.75) is 172 Å². The summed E-state index contributed by atoms with van der Waals surface area (Å²) < 4.78 is 32.6. The number of phosphoric ester groups is 1. The Morgan fingerprint density at radius 1 is 0.600 bits per heavy atom. The van der Waals surface area contributed by atoms with Crippen LogP contribution in [-0.4, -0.2) is 98.3 Å². The molecule has 0 saturated heterocycles. The van der Waals surface area contributed by atoms with Crippen LogP contribution in [0.25, 0.3) is 0 Å². The first kappa shape index (κ1) is 41.9. The summed E-state index contributed by atoms with van der Waals surface area (Å²) in [5.41, 5.74) is 0. The maximum atomic E-state index is 12.5. The number of carbonyl (C=O) groups is 2. The second-order valence-electron chi connectivity index (χ2n) is 12.0. The maximum absolute atomic E-state index is 12.5. The molecule has 0 heterocycles. The van der Waals surface area contributed by atoms with Crippen molar-refractivity contribution in [2.24, 2.45) is 0 Å². The fourth-order valence-electron chi connectivity index (χ4n) is 5.15. The molecule has 0 aromatic carbocycles. The fourth-order valence-corrected chi connectivity index (χ4v) is 6.12. The van der Waals surface area contributed by atoms with Gasteiger partial charge in [0, 0.05) is 12.8 Å². The lowest BCUT2D eigenvalue weighted by Gasteiger charge is -2.41. The van der Waals surface area contributed by atoms with Crippen molar-refractivity contribution in [1.82, 2.24) is 0 Å². The number of rotatable bonds is 26. The summed E-state index contributed by atoms with van der Waals surface area (Å²) in [7, 11) is -5.07. The third-order valence-electron chi connectivity index (χ3n) is 7.92. The summed E-state index contributed by atoms with van der Waals surface area (Å²) in [6, 6.07) is 0. The molecule has 14 heteroatoms. The van der Waals surface area contributed by atoms with E-state index in [4.69, 9.17) is 18.5 Å². The lowest BCUT2D eigenvalue weighted by Crippen LogP contribution is -2.64. The predicted octanol–water partition coefficient (Wildman–Crippen LogP) is 3.82. The van der Waals surface area contributed by atoms with Gasteiger partial charge in [-0.25, -0.2) is 4.57 Å². The number of hydrogen-bond acceptors (Lipinski definition) is 12. The minimum Gasteiger partial charge on any atom is -0.462 e. The molecule has 0 aliphatic heterocycles. The number of esters is 2. The van der Waals surface area contributed by atoms with E-state index in [0.717, 1.165) is 19.3 Å². The lowest BCUT2D eigenvalue weighted by atomic mass is 9.85. The van der Waals surface area contributed by atoms with E-state index in [0.29, 0.717) is 12.8 Å². The van der Waals surface area contributed by atoms with Crippen molar-refractivity contribution >= 4 is 19.8 Å². The molecule has 0 aromatic heterocycles. The van der Waals surface area contributed by atoms with Gasteiger partial charge in [-0.2, -0.15) is 0 Å². The van der Waals surface area contributed by atoms with Crippen LogP contribution in [0.15, 0.2) is 0 Å². The van der Waals surface area contributed by atoms with Gasteiger partial charge in [0.05, 0.1) is 6.61 Å². The Morgan fingerprint density at radius 3 is 1.51 bits per heavy atom. The van der Waals surface area contributed by atoms with Crippen LogP contribution in [0.3, 0.4) is 0 Å². The van der Waals surface area contributed by atoms with Crippen molar-refractivity contribution in [1.29, 1.82) is 0 Å². The molecule has 0 bridgehead atoms. The Hall–Kier alpha value is -1.15. The smallest absolute Gasteiger partial charge is 0.462 e. The maximum Gasteiger partial charge on any atom is 0.472 e. The second kappa shape index (κ2) is 24.1. The van der Waals surface area contributed by atoms with Crippen LogP contribution in [0.2, 0.25) is 0 Å². The van der Waals surface area contributed by atoms with E-state index >= 15 is 0 Å². The number of phosphoric acid groups is 1. The molecule has 0 spiro atoms. The Balaban J connectivity index is 2.33. The predicted molar refractivity (Wildman–Crippen MR) is 166 cm³/mol. The highest BCUT2D eigenvalue weighted by Crippen LogP contribution is 2.47. The molecule has 0 aromatic rings. The molecule has 6 N–H and O–H groups in total. The van der Waals surface area contributed by atoms with Crippen LogP contribution in [-0.2, 0) is 32.7 Å². The van der Waals surface area contributed by atoms with Gasteiger partial charge in [-0.1, -0.05) is 104 Å². The molecule has 1 rings (SSSR count). The number of aliphatic hydroxyl groups is 5. The van der Waals surface area contributed by atoms with Crippen molar-refractivity contribution < 1.29 is 63.1 Å². The Labute approximate surface area is 268 Å². The van der Waals surface area contributed by atoms with E-state index in [-0.39, 0.29) is 12.8 Å². The van der Waals surface area contributed by atoms with Crippen LogP contribution in [0.1, 0.15) is 129 Å². The summed E-state index contributed by atoms with van der Waals surface area (Å²) >= 11 is 0. The van der Waals surface area contributed by atoms with Crippen molar-refractivity contribution in [3.63, 3.8) is 0 Å². The first-order chi connectivity index (χ1) is 21.4. The first-order valence-electron chi connectivity index (χ1n) is 16.8. The van der Waals surface area contributed by atoms with Gasteiger partial charge < -0.3 is 39.9 Å². The fraction of sp³-hybridized carbons (Fsp3) is 0.935. The molecule has 6 unspecified atom stereocenters. The Kier molecular flexibility index (Phi) is 22.4. The standard InChI is InChI=1S/C31H59O13P/c1-3-5-6-7-8-9-10-11-12-13-14-15-16-17-18-20-24(32)41-21-23(43-25(33)19-4-2)22-42-45(39,40)44-31-29(37)27(35)26(34)28(36)30(31)38/h23,26-31,34-38H,3-22H2,1-2H3,(H,39,40)/t23-,26?,27-,28?,29?,30?,31?/m1/s1. The summed E-state index contributed by atoms with van der Waals surface area (Å²) in [6.07, 6.45) is 5.58. The normalized spacial score (nSPS) is 25.4. The molecule has 1 aliphatic carbocycles. The lowest BCUT2D eigenvalue weighted by molar-refractivity contribution is -0.220. The zero-order valence-corrected chi connectivity index (χ0v) is 28.1. The highest BCUT2D eigenvalue weighted by atomic mass is 31.2. The van der Waals surface area contributed by atoms with Crippen LogP contribution in [0, 0.1) is 0 Å². The van der Waals surface area contributed by atoms with Crippen LogP contribution in [0.5, 0.6) is 0 Å². The van der Waals surface area contributed by atoms with Gasteiger partial charge in [-0.15, -0.1) is 0 Å². The van der Waals surface area contributed by atoms with Crippen molar-refractivity contribution in [2.75, 3.05) is 13.2 Å². The largest absolute Gasteiger partial charge is 0.472 e. The molecule has 13 nitrogen and oxygen atoms in total. The average Bonchev–Trinajstić information content (AvgIpc) is 3.00. The third-order valence-corrected chi connectivity index (χ3v) is 8.90. The number of aliphatic hydroxyl groups excluding tert-OH is 5. The first-order valence-corrected chi connectivity index (χ1v) is 18.3. The van der Waals surface area contributed by atoms with E-state index in [2.05, 4.69) is 6.92 Å². The van der Waals surface area contributed by atoms with Crippen LogP contribution in [0.4, 0.5) is 0 Å². The zero-order chi connectivity index (χ0) is 33.7. The van der Waals surface area contributed by atoms with E-state index in [1.165, 1.54) is 70.6 Å². The van der Waals surface area contributed by atoms with Crippen LogP contribution < -0.4 is 0 Å². The highest BCUT2D eigenvalue weighted by molar-refractivity contribution is 7.47. The highest BCUT2D eigenvalue weighted by Gasteiger charge is 2.51. The van der Waals surface area contributed by atoms with Crippen molar-refractivity contribution in [3.8, 4) is 0 Å². The van der Waals surface area contributed by atoms with E-state index in [1.807, 2.05) is 0 Å². The Bertz CT molecular complexity index is 828. The van der Waals surface area contributed by atoms with E-state index < -0.39 is 75.7 Å². The van der Waals surface area contributed by atoms with Gasteiger partial charge in [-0.05, 0) is 12.8 Å². The molecule has 0 amide bonds. The monoisotopic (exact) mass is 670 g/mol. The van der Waals surface area contributed by atoms with Gasteiger partial charge in [0.2, 0.25) is 0 Å². The second-order valence-corrected chi connectivity index (χ2v) is 13.4. The number of unbranched alkanes of at least 4 members (excludes halogenated alkanes) is 14. The van der Waals surface area contributed by atoms with E-state index in [1.54, 1.807) is 6.92 Å². The number of ether oxygens (including phenoxy) is 2. The van der Waals surface area contributed by atoms with Gasteiger partial charge >= 0.3 is 19.8 Å². The van der Waals surface area contributed by atoms with Crippen molar-refractivity contribution in [3.05, 3.63) is 0 Å². The van der Waals surface area contributed by atoms with Gasteiger partial charge in [0.1, 0.15) is 43.2 Å². The zero-order valence-electron chi connectivity index (χ0n) is 27.2. The molecule has 1 aliphatic rings. The van der Waals surface area contributed by atoms with Gasteiger partial charge in [0.15, 0.2) is 6.10 Å². The average molecular weight is 671 g/mol. The molecular formula is C31H59O13P. The number of carbonyl (C=O) groups excluding carboxylic acids is 2. The molecule has 266 valence electrons. The Morgan fingerprint density at radius 2 is 1.04 bits per heavy atom. The summed E-state index contributed by atoms with van der Waals surface area (Å²) in [5.74, 6) is -1.16.